The van der Waals surface area contributed by atoms with Gasteiger partial charge in [-0.05, 0) is 31.0 Å². The van der Waals surface area contributed by atoms with Crippen LogP contribution in [0, 0.1) is 6.92 Å². The monoisotopic (exact) mass is 297 g/mol. The summed E-state index contributed by atoms with van der Waals surface area (Å²) in [7, 11) is 0. The van der Waals surface area contributed by atoms with Crippen LogP contribution in [0.4, 0.5) is 5.82 Å². The number of nitrogens with zero attached hydrogens (tertiary/aromatic N) is 3. The maximum atomic E-state index is 6.03. The first-order valence-electron chi connectivity index (χ1n) is 7.37. The van der Waals surface area contributed by atoms with Gasteiger partial charge in [-0.2, -0.15) is 0 Å². The number of H-pyrrole nitrogens is 1. The molecule has 0 saturated carbocycles. The quantitative estimate of drug-likeness (QED) is 0.731. The number of anilines is 1. The van der Waals surface area contributed by atoms with Crippen molar-refractivity contribution in [3.8, 4) is 5.75 Å². The van der Waals surface area contributed by atoms with Crippen LogP contribution in [0.15, 0.2) is 36.9 Å². The van der Waals surface area contributed by atoms with Crippen molar-refractivity contribution in [3.63, 3.8) is 0 Å². The summed E-state index contributed by atoms with van der Waals surface area (Å²) in [5.74, 6) is 1.64. The van der Waals surface area contributed by atoms with Gasteiger partial charge >= 0.3 is 0 Å². The number of fused-ring (bicyclic) bond motifs is 1. The fraction of sp³-hybridized carbons (Fsp3) is 0.312. The van der Waals surface area contributed by atoms with Crippen molar-refractivity contribution in [3.05, 3.63) is 42.5 Å². The standard InChI is InChI=1S/C16H19N5O/c1-3-12(22-13-6-4-5-11(2)7-13)8-17-15-14-16(19-9-18-14)21-10-20-15/h4-7,9-10,12H,3,8H2,1-2H3,(H2,17,18,19,20,21). The Morgan fingerprint density at radius 2 is 2.18 bits per heavy atom. The molecule has 6 heteroatoms. The molecule has 0 aliphatic carbocycles. The maximum Gasteiger partial charge on any atom is 0.182 e. The van der Waals surface area contributed by atoms with Crippen molar-refractivity contribution < 1.29 is 4.74 Å². The smallest absolute Gasteiger partial charge is 0.182 e. The number of benzene rings is 1. The molecule has 0 amide bonds. The van der Waals surface area contributed by atoms with Gasteiger partial charge in [0.1, 0.15) is 23.7 Å². The van der Waals surface area contributed by atoms with E-state index in [1.54, 1.807) is 6.33 Å². The molecule has 6 nitrogen and oxygen atoms in total. The van der Waals surface area contributed by atoms with Gasteiger partial charge in [-0.25, -0.2) is 15.0 Å². The van der Waals surface area contributed by atoms with Crippen LogP contribution >= 0.6 is 0 Å². The van der Waals surface area contributed by atoms with Gasteiger partial charge in [-0.1, -0.05) is 19.1 Å². The Bertz CT molecular complexity index is 755. The molecule has 1 aromatic carbocycles. The minimum absolute atomic E-state index is 0.0646. The molecular weight excluding hydrogens is 278 g/mol. The van der Waals surface area contributed by atoms with E-state index >= 15 is 0 Å². The van der Waals surface area contributed by atoms with Gasteiger partial charge in [0.2, 0.25) is 0 Å². The summed E-state index contributed by atoms with van der Waals surface area (Å²) >= 11 is 0. The molecule has 0 aliphatic rings. The second-order valence-corrected chi connectivity index (χ2v) is 5.17. The second kappa shape index (κ2) is 6.43. The van der Waals surface area contributed by atoms with Gasteiger partial charge in [0.25, 0.3) is 0 Å². The molecule has 0 bridgehead atoms. The zero-order valence-corrected chi connectivity index (χ0v) is 12.7. The Labute approximate surface area is 129 Å². The lowest BCUT2D eigenvalue weighted by molar-refractivity contribution is 0.210. The number of hydrogen-bond acceptors (Lipinski definition) is 5. The van der Waals surface area contributed by atoms with Crippen LogP contribution in [0.5, 0.6) is 5.75 Å². The lowest BCUT2D eigenvalue weighted by Crippen LogP contribution is -2.25. The van der Waals surface area contributed by atoms with Gasteiger partial charge in [0.05, 0.1) is 12.9 Å². The van der Waals surface area contributed by atoms with Crippen molar-refractivity contribution in [2.24, 2.45) is 0 Å². The van der Waals surface area contributed by atoms with E-state index < -0.39 is 0 Å². The highest BCUT2D eigenvalue weighted by atomic mass is 16.5. The average molecular weight is 297 g/mol. The molecule has 22 heavy (non-hydrogen) atoms. The largest absolute Gasteiger partial charge is 0.489 e. The van der Waals surface area contributed by atoms with Gasteiger partial charge in [0.15, 0.2) is 11.5 Å². The molecule has 114 valence electrons. The van der Waals surface area contributed by atoms with Crippen molar-refractivity contribution in [1.82, 2.24) is 19.9 Å². The van der Waals surface area contributed by atoms with E-state index in [0.717, 1.165) is 23.5 Å². The number of ether oxygens (including phenoxy) is 1. The van der Waals surface area contributed by atoms with Crippen LogP contribution in [-0.2, 0) is 0 Å². The molecule has 0 saturated heterocycles. The van der Waals surface area contributed by atoms with Crippen LogP contribution in [0.3, 0.4) is 0 Å². The molecule has 3 rings (SSSR count). The van der Waals surface area contributed by atoms with E-state index in [1.807, 2.05) is 18.2 Å². The summed E-state index contributed by atoms with van der Waals surface area (Å²) in [5, 5.41) is 3.31. The summed E-state index contributed by atoms with van der Waals surface area (Å²) in [4.78, 5) is 15.5. The summed E-state index contributed by atoms with van der Waals surface area (Å²) in [5.41, 5.74) is 2.66. The summed E-state index contributed by atoms with van der Waals surface area (Å²) in [6.45, 7) is 4.82. The number of aryl methyl sites for hydroxylation is 1. The molecule has 2 N–H and O–H groups in total. The van der Waals surface area contributed by atoms with Crippen LogP contribution in [0.1, 0.15) is 18.9 Å². The second-order valence-electron chi connectivity index (χ2n) is 5.17. The predicted octanol–water partition coefficient (Wildman–Crippen LogP) is 2.93. The minimum atomic E-state index is 0.0646. The van der Waals surface area contributed by atoms with Gasteiger partial charge in [-0.3, -0.25) is 0 Å². The van der Waals surface area contributed by atoms with Crippen LogP contribution in [-0.4, -0.2) is 32.6 Å². The number of aromatic nitrogens is 4. The van der Waals surface area contributed by atoms with E-state index in [-0.39, 0.29) is 6.10 Å². The first kappa shape index (κ1) is 14.3. The number of hydrogen-bond donors (Lipinski definition) is 2. The first-order valence-corrected chi connectivity index (χ1v) is 7.37. The molecule has 0 radical (unpaired) electrons. The molecule has 2 heterocycles. The fourth-order valence-corrected chi connectivity index (χ4v) is 2.26. The van der Waals surface area contributed by atoms with Crippen molar-refractivity contribution in [2.45, 2.75) is 26.4 Å². The SMILES string of the molecule is CCC(CNc1ncnc2nc[nH]c12)Oc1cccc(C)c1. The Kier molecular flexibility index (Phi) is 4.18. The third-order valence-corrected chi connectivity index (χ3v) is 3.47. The third kappa shape index (κ3) is 3.16. The first-order chi connectivity index (χ1) is 10.8. The Hall–Kier alpha value is -2.63. The predicted molar refractivity (Wildman–Crippen MR) is 86.1 cm³/mol. The average Bonchev–Trinajstić information content (AvgIpc) is 3.00. The molecule has 1 atom stereocenters. The minimum Gasteiger partial charge on any atom is -0.489 e. The van der Waals surface area contributed by atoms with E-state index in [1.165, 1.54) is 11.9 Å². The van der Waals surface area contributed by atoms with Gasteiger partial charge in [-0.15, -0.1) is 0 Å². The highest BCUT2D eigenvalue weighted by Crippen LogP contribution is 2.17. The summed E-state index contributed by atoms with van der Waals surface area (Å²) in [6, 6.07) is 8.08. The van der Waals surface area contributed by atoms with Gasteiger partial charge < -0.3 is 15.0 Å². The molecule has 0 spiro atoms. The normalized spacial score (nSPS) is 12.3. The maximum absolute atomic E-state index is 6.03. The Morgan fingerprint density at radius 3 is 3.00 bits per heavy atom. The van der Waals surface area contributed by atoms with Crippen molar-refractivity contribution >= 4 is 17.0 Å². The lowest BCUT2D eigenvalue weighted by atomic mass is 10.2. The summed E-state index contributed by atoms with van der Waals surface area (Å²) in [6.07, 6.45) is 4.09. The zero-order valence-electron chi connectivity index (χ0n) is 12.7. The van der Waals surface area contributed by atoms with E-state index in [0.29, 0.717) is 12.2 Å². The van der Waals surface area contributed by atoms with Crippen molar-refractivity contribution in [1.29, 1.82) is 0 Å². The highest BCUT2D eigenvalue weighted by Gasteiger charge is 2.11. The van der Waals surface area contributed by atoms with Crippen LogP contribution in [0.25, 0.3) is 11.2 Å². The van der Waals surface area contributed by atoms with E-state index in [4.69, 9.17) is 4.74 Å². The molecule has 3 aromatic rings. The fourth-order valence-electron chi connectivity index (χ4n) is 2.26. The molecule has 1 unspecified atom stereocenters. The number of imidazole rings is 1. The summed E-state index contributed by atoms with van der Waals surface area (Å²) < 4.78 is 6.03. The van der Waals surface area contributed by atoms with Gasteiger partial charge in [0, 0.05) is 0 Å². The van der Waals surface area contributed by atoms with Crippen molar-refractivity contribution in [2.75, 3.05) is 11.9 Å². The number of rotatable bonds is 6. The van der Waals surface area contributed by atoms with E-state index in [9.17, 15) is 0 Å². The molecule has 0 fully saturated rings. The zero-order chi connectivity index (χ0) is 15.4. The molecular formula is C16H19N5O. The number of aromatic amines is 1. The highest BCUT2D eigenvalue weighted by molar-refractivity contribution is 5.81. The number of nitrogens with one attached hydrogen (secondary N) is 2. The third-order valence-electron chi connectivity index (χ3n) is 3.47. The van der Waals surface area contributed by atoms with Crippen LogP contribution in [0.2, 0.25) is 0 Å². The topological polar surface area (TPSA) is 75.7 Å². The Morgan fingerprint density at radius 1 is 1.27 bits per heavy atom. The Balaban J connectivity index is 1.67. The van der Waals surface area contributed by atoms with Crippen LogP contribution < -0.4 is 10.1 Å². The molecule has 0 aliphatic heterocycles. The molecule has 2 aromatic heterocycles. The van der Waals surface area contributed by atoms with E-state index in [2.05, 4.69) is 45.2 Å². The lowest BCUT2D eigenvalue weighted by Gasteiger charge is -2.18.